The van der Waals surface area contributed by atoms with Crippen molar-refractivity contribution in [2.24, 2.45) is 0 Å². The molecule has 0 heterocycles. The van der Waals surface area contributed by atoms with Crippen molar-refractivity contribution < 1.29 is 24.2 Å². The molecule has 6 nitrogen and oxygen atoms in total. The summed E-state index contributed by atoms with van der Waals surface area (Å²) in [4.78, 5) is 34.6. The smallest absolute Gasteiger partial charge is 0.320 e. The lowest BCUT2D eigenvalue weighted by Crippen LogP contribution is -2.40. The van der Waals surface area contributed by atoms with Crippen molar-refractivity contribution in [1.29, 1.82) is 0 Å². The monoisotopic (exact) mass is 395 g/mol. The molecule has 0 aliphatic rings. The van der Waals surface area contributed by atoms with Gasteiger partial charge in [-0.1, -0.05) is 65.1 Å². The number of carboxylic acids is 1. The Balaban J connectivity index is 2.43. The van der Waals surface area contributed by atoms with E-state index in [0.717, 1.165) is 0 Å². The van der Waals surface area contributed by atoms with Gasteiger partial charge in [0.25, 0.3) is 0 Å². The molecule has 0 amide bonds. The number of carboxylic acid groups (broad SMARTS) is 1. The second-order valence-electron chi connectivity index (χ2n) is 4.88. The third kappa shape index (κ3) is 8.49. The highest BCUT2D eigenvalue weighted by Crippen LogP contribution is 2.25. The van der Waals surface area contributed by atoms with Gasteiger partial charge < -0.3 is 9.84 Å². The van der Waals surface area contributed by atoms with Gasteiger partial charge in [0.2, 0.25) is 3.79 Å². The van der Waals surface area contributed by atoms with Crippen LogP contribution in [0.1, 0.15) is 23.2 Å². The molecule has 0 aliphatic heterocycles. The number of rotatable bonds is 9. The number of ether oxygens (including phenoxy) is 1. The van der Waals surface area contributed by atoms with Crippen LogP contribution in [0.3, 0.4) is 0 Å². The molecule has 132 valence electrons. The number of benzene rings is 1. The Morgan fingerprint density at radius 3 is 2.33 bits per heavy atom. The normalized spacial score (nSPS) is 12.5. The van der Waals surface area contributed by atoms with Gasteiger partial charge in [0.05, 0.1) is 6.54 Å². The molecule has 0 aliphatic carbocycles. The minimum atomic E-state index is -1.73. The molecule has 1 unspecified atom stereocenters. The topological polar surface area (TPSA) is 92.7 Å². The molecule has 2 N–H and O–H groups in total. The van der Waals surface area contributed by atoms with Crippen LogP contribution in [0, 0.1) is 0 Å². The van der Waals surface area contributed by atoms with Crippen LogP contribution in [-0.2, 0) is 14.3 Å². The molecule has 0 saturated carbocycles. The zero-order valence-electron chi connectivity index (χ0n) is 12.5. The Bertz CT molecular complexity index is 574. The molecule has 1 aromatic carbocycles. The van der Waals surface area contributed by atoms with Crippen molar-refractivity contribution in [1.82, 2.24) is 5.32 Å². The minimum Gasteiger partial charge on any atom is -0.480 e. The zero-order chi connectivity index (χ0) is 18.2. The number of carbonyl (C=O) groups is 3. The van der Waals surface area contributed by atoms with Gasteiger partial charge in [-0.3, -0.25) is 19.7 Å². The number of nitrogens with one attached hydrogen (secondary N) is 1. The van der Waals surface area contributed by atoms with E-state index in [0.29, 0.717) is 5.56 Å². The number of hydrogen-bond donors (Lipinski definition) is 2. The lowest BCUT2D eigenvalue weighted by atomic mass is 10.0. The van der Waals surface area contributed by atoms with Crippen LogP contribution in [-0.4, -0.2) is 45.8 Å². The number of halogens is 3. The molecular weight excluding hydrogens is 381 g/mol. The van der Waals surface area contributed by atoms with E-state index < -0.39 is 28.4 Å². The number of alkyl halides is 3. The minimum absolute atomic E-state index is 0.0250. The van der Waals surface area contributed by atoms with Gasteiger partial charge >= 0.3 is 11.9 Å². The molecule has 0 saturated heterocycles. The Hall–Kier alpha value is -1.34. The fraction of sp³-hybridized carbons (Fsp3) is 0.400. The number of aliphatic carboxylic acids is 1. The fourth-order valence-electron chi connectivity index (χ4n) is 1.78. The summed E-state index contributed by atoms with van der Waals surface area (Å²) in [6.45, 7) is -0.820. The molecule has 9 heteroatoms. The quantitative estimate of drug-likeness (QED) is 0.379. The Kier molecular flexibility index (Phi) is 8.48. The van der Waals surface area contributed by atoms with E-state index in [4.69, 9.17) is 39.9 Å². The van der Waals surface area contributed by atoms with Crippen LogP contribution in [0.5, 0.6) is 0 Å². The van der Waals surface area contributed by atoms with Crippen molar-refractivity contribution in [3.8, 4) is 0 Å². The average Bonchev–Trinajstić information content (AvgIpc) is 2.52. The van der Waals surface area contributed by atoms with E-state index in [1.54, 1.807) is 30.3 Å². The first kappa shape index (κ1) is 20.7. The Morgan fingerprint density at radius 1 is 1.17 bits per heavy atom. The number of hydrogen-bond acceptors (Lipinski definition) is 5. The summed E-state index contributed by atoms with van der Waals surface area (Å²) in [6.07, 6.45) is 0.0535. The van der Waals surface area contributed by atoms with Gasteiger partial charge in [0.15, 0.2) is 5.78 Å². The third-order valence-corrected chi connectivity index (χ3v) is 3.27. The Labute approximate surface area is 154 Å². The summed E-state index contributed by atoms with van der Waals surface area (Å²) in [7, 11) is 0. The lowest BCUT2D eigenvalue weighted by Gasteiger charge is -2.15. The maximum absolute atomic E-state index is 12.0. The summed E-state index contributed by atoms with van der Waals surface area (Å²) in [5, 5.41) is 11.6. The van der Waals surface area contributed by atoms with Gasteiger partial charge in [-0.25, -0.2) is 0 Å². The van der Waals surface area contributed by atoms with Gasteiger partial charge in [-0.2, -0.15) is 0 Å². The van der Waals surface area contributed by atoms with E-state index in [1.807, 2.05) is 0 Å². The molecule has 24 heavy (non-hydrogen) atoms. The van der Waals surface area contributed by atoms with E-state index in [-0.39, 0.29) is 25.2 Å². The number of carbonyl (C=O) groups excluding carboxylic acids is 2. The van der Waals surface area contributed by atoms with E-state index in [9.17, 15) is 14.4 Å². The van der Waals surface area contributed by atoms with Crippen molar-refractivity contribution in [2.75, 3.05) is 13.2 Å². The van der Waals surface area contributed by atoms with E-state index >= 15 is 0 Å². The SMILES string of the molecule is O=C(CNC(CCC(=O)c1ccccc1)C(=O)O)OCC(Cl)(Cl)Cl. The first-order valence-corrected chi connectivity index (χ1v) is 8.09. The molecule has 1 atom stereocenters. The predicted octanol–water partition coefficient (Wildman–Crippen LogP) is 2.61. The molecule has 0 spiro atoms. The maximum Gasteiger partial charge on any atom is 0.320 e. The summed E-state index contributed by atoms with van der Waals surface area (Å²) in [6, 6.07) is 7.46. The predicted molar refractivity (Wildman–Crippen MR) is 90.7 cm³/mol. The van der Waals surface area contributed by atoms with Crippen LogP contribution in [0.2, 0.25) is 0 Å². The van der Waals surface area contributed by atoms with Crippen LogP contribution in [0.25, 0.3) is 0 Å². The van der Waals surface area contributed by atoms with Crippen molar-refractivity contribution >= 4 is 52.5 Å². The fourth-order valence-corrected chi connectivity index (χ4v) is 1.94. The summed E-state index contributed by atoms with van der Waals surface area (Å²) in [5.74, 6) is -2.12. The van der Waals surface area contributed by atoms with Crippen LogP contribution in [0.15, 0.2) is 30.3 Å². The van der Waals surface area contributed by atoms with Gasteiger partial charge in [-0.05, 0) is 6.42 Å². The van der Waals surface area contributed by atoms with E-state index in [1.165, 1.54) is 0 Å². The van der Waals surface area contributed by atoms with Crippen molar-refractivity contribution in [2.45, 2.75) is 22.7 Å². The van der Waals surface area contributed by atoms with Crippen LogP contribution in [0.4, 0.5) is 0 Å². The second kappa shape index (κ2) is 9.84. The van der Waals surface area contributed by atoms with Crippen molar-refractivity contribution in [3.05, 3.63) is 35.9 Å². The standard InChI is InChI=1S/C15H16Cl3NO5/c16-15(17,18)9-24-13(21)8-19-11(14(22)23)6-7-12(20)10-4-2-1-3-5-10/h1-5,11,19H,6-9H2,(H,22,23). The lowest BCUT2D eigenvalue weighted by molar-refractivity contribution is -0.143. The summed E-state index contributed by atoms with van der Waals surface area (Å²) >= 11 is 16.3. The van der Waals surface area contributed by atoms with Crippen LogP contribution < -0.4 is 5.32 Å². The molecule has 1 aromatic rings. The summed E-state index contributed by atoms with van der Waals surface area (Å²) in [5.41, 5.74) is 0.503. The largest absolute Gasteiger partial charge is 0.480 e. The molecule has 1 rings (SSSR count). The van der Waals surface area contributed by atoms with Gasteiger partial charge in [0, 0.05) is 12.0 Å². The average molecular weight is 397 g/mol. The Morgan fingerprint density at radius 2 is 1.79 bits per heavy atom. The third-order valence-electron chi connectivity index (χ3n) is 2.94. The highest BCUT2D eigenvalue weighted by Gasteiger charge is 2.24. The van der Waals surface area contributed by atoms with Gasteiger partial charge in [0.1, 0.15) is 12.6 Å². The molecule has 0 fully saturated rings. The highest BCUT2D eigenvalue weighted by atomic mass is 35.6. The maximum atomic E-state index is 12.0. The second-order valence-corrected chi connectivity index (χ2v) is 7.39. The zero-order valence-corrected chi connectivity index (χ0v) is 14.8. The molecule has 0 aromatic heterocycles. The first-order chi connectivity index (χ1) is 11.2. The summed E-state index contributed by atoms with van der Waals surface area (Å²) < 4.78 is 2.94. The van der Waals surface area contributed by atoms with Crippen molar-refractivity contribution in [3.63, 3.8) is 0 Å². The highest BCUT2D eigenvalue weighted by molar-refractivity contribution is 6.67. The first-order valence-electron chi connectivity index (χ1n) is 6.96. The number of Topliss-reactive ketones (excluding diaryl/α,β-unsaturated/α-hetero) is 1. The van der Waals surface area contributed by atoms with Gasteiger partial charge in [-0.15, -0.1) is 0 Å². The molecule has 0 radical (unpaired) electrons. The number of ketones is 1. The molecular formula is C15H16Cl3NO5. The van der Waals surface area contributed by atoms with Crippen LogP contribution >= 0.6 is 34.8 Å². The van der Waals surface area contributed by atoms with E-state index in [2.05, 4.69) is 10.1 Å². The molecule has 0 bridgehead atoms. The number of esters is 1.